The van der Waals surface area contributed by atoms with Gasteiger partial charge in [0, 0.05) is 28.4 Å². The summed E-state index contributed by atoms with van der Waals surface area (Å²) >= 11 is 0. The summed E-state index contributed by atoms with van der Waals surface area (Å²) in [5.41, 5.74) is 1.13. The maximum Gasteiger partial charge on any atom is 0.0571 e. The van der Waals surface area contributed by atoms with Gasteiger partial charge in [-0.3, -0.25) is 0 Å². The van der Waals surface area contributed by atoms with Gasteiger partial charge in [-0.1, -0.05) is 0 Å². The van der Waals surface area contributed by atoms with E-state index in [0.29, 0.717) is 35.2 Å². The van der Waals surface area contributed by atoms with Crippen molar-refractivity contribution in [3.8, 4) is 0 Å². The molecule has 5 fully saturated rings. The average Bonchev–Trinajstić information content (AvgIpc) is 3.01. The van der Waals surface area contributed by atoms with Crippen LogP contribution in [-0.4, -0.2) is 52.9 Å². The third-order valence-electron chi connectivity index (χ3n) is 13.4. The van der Waals surface area contributed by atoms with Gasteiger partial charge in [0.2, 0.25) is 0 Å². The van der Waals surface area contributed by atoms with Gasteiger partial charge in [0.1, 0.15) is 0 Å². The molecule has 0 saturated heterocycles. The van der Waals surface area contributed by atoms with Crippen LogP contribution in [0.4, 0.5) is 0 Å². The van der Waals surface area contributed by atoms with E-state index in [9.17, 15) is 0 Å². The van der Waals surface area contributed by atoms with Gasteiger partial charge in [-0.15, -0.1) is 0 Å². The van der Waals surface area contributed by atoms with Gasteiger partial charge in [-0.05, 0) is 163 Å². The molecule has 0 aromatic carbocycles. The van der Waals surface area contributed by atoms with E-state index in [-0.39, 0.29) is 0 Å². The first kappa shape index (κ1) is 29.3. The van der Waals surface area contributed by atoms with Gasteiger partial charge in [0.15, 0.2) is 0 Å². The van der Waals surface area contributed by atoms with Crippen LogP contribution < -0.4 is 0 Å². The van der Waals surface area contributed by atoms with Crippen molar-refractivity contribution in [2.45, 2.75) is 153 Å². The normalized spacial score (nSPS) is 47.1. The first-order valence-electron chi connectivity index (χ1n) is 16.7. The van der Waals surface area contributed by atoms with Crippen molar-refractivity contribution in [1.82, 2.24) is 0 Å². The lowest BCUT2D eigenvalue weighted by molar-refractivity contribution is -0.118. The molecule has 38 heavy (non-hydrogen) atoms. The molecule has 4 nitrogen and oxygen atoms in total. The minimum absolute atomic E-state index is 0.502. The molecule has 0 aromatic rings. The van der Waals surface area contributed by atoms with Crippen LogP contribution >= 0.6 is 0 Å². The fraction of sp³-hybridized carbons (Fsp3) is 1.00. The maximum absolute atomic E-state index is 5.82. The lowest BCUT2D eigenvalue weighted by Crippen LogP contribution is -2.51. The molecule has 0 bridgehead atoms. The minimum atomic E-state index is 0.502. The van der Waals surface area contributed by atoms with E-state index in [1.54, 1.807) is 0 Å². The van der Waals surface area contributed by atoms with E-state index in [4.69, 9.17) is 18.9 Å². The van der Waals surface area contributed by atoms with Crippen LogP contribution in [0.25, 0.3) is 0 Å². The lowest BCUT2D eigenvalue weighted by atomic mass is 9.45. The number of ether oxygens (including phenoxy) is 4. The third kappa shape index (κ3) is 5.90. The molecular weight excluding hydrogens is 472 g/mol. The van der Waals surface area contributed by atoms with Gasteiger partial charge in [-0.2, -0.15) is 0 Å². The molecule has 0 heterocycles. The Bertz CT molecular complexity index is 571. The monoisotopic (exact) mass is 532 g/mol. The first-order valence-corrected chi connectivity index (χ1v) is 16.7. The summed E-state index contributed by atoms with van der Waals surface area (Å²) in [6.07, 6.45) is 29.4. The molecule has 0 aliphatic heterocycles. The molecule has 0 spiro atoms. The highest BCUT2D eigenvalue weighted by Crippen LogP contribution is 2.65. The fourth-order valence-electron chi connectivity index (χ4n) is 11.0. The van der Waals surface area contributed by atoms with Gasteiger partial charge < -0.3 is 18.9 Å². The molecule has 220 valence electrons. The first-order chi connectivity index (χ1) is 18.6. The van der Waals surface area contributed by atoms with Crippen molar-refractivity contribution in [2.24, 2.45) is 34.5 Å². The molecular formula is C34H60O4. The summed E-state index contributed by atoms with van der Waals surface area (Å²) in [5.74, 6) is 3.63. The Hall–Kier alpha value is -0.160. The minimum Gasteiger partial charge on any atom is -0.381 e. The van der Waals surface area contributed by atoms with Crippen molar-refractivity contribution in [3.63, 3.8) is 0 Å². The highest BCUT2D eigenvalue weighted by atomic mass is 16.5. The molecule has 0 N–H and O–H groups in total. The molecule has 4 heteroatoms. The molecule has 5 aliphatic carbocycles. The van der Waals surface area contributed by atoms with E-state index in [0.717, 1.165) is 23.7 Å². The number of methoxy groups -OCH3 is 4. The van der Waals surface area contributed by atoms with Gasteiger partial charge >= 0.3 is 0 Å². The third-order valence-corrected chi connectivity index (χ3v) is 13.4. The van der Waals surface area contributed by atoms with Gasteiger partial charge in [0.25, 0.3) is 0 Å². The Morgan fingerprint density at radius 2 is 0.500 bits per heavy atom. The summed E-state index contributed by atoms with van der Waals surface area (Å²) < 4.78 is 23.3. The molecule has 0 aromatic heterocycles. The predicted molar refractivity (Wildman–Crippen MR) is 154 cm³/mol. The second kappa shape index (κ2) is 13.2. The van der Waals surface area contributed by atoms with Crippen molar-refractivity contribution in [2.75, 3.05) is 28.4 Å². The SMILES string of the molecule is COC1CCC(C2(C3CCC(OC)CC3)CCC(C3CCC(OC)CC3)(C3CCC(OC)CC3)CC2)CC1. The molecule has 5 rings (SSSR count). The van der Waals surface area contributed by atoms with Crippen LogP contribution in [0.3, 0.4) is 0 Å². The quantitative estimate of drug-likeness (QED) is 0.315. The molecule has 0 atom stereocenters. The summed E-state index contributed by atoms with van der Waals surface area (Å²) in [7, 11) is 7.72. The van der Waals surface area contributed by atoms with E-state index >= 15 is 0 Å². The van der Waals surface area contributed by atoms with Gasteiger partial charge in [0.05, 0.1) is 24.4 Å². The average molecular weight is 533 g/mol. The smallest absolute Gasteiger partial charge is 0.0571 e. The predicted octanol–water partition coefficient (Wildman–Crippen LogP) is 8.35. The van der Waals surface area contributed by atoms with Crippen molar-refractivity contribution in [1.29, 1.82) is 0 Å². The van der Waals surface area contributed by atoms with Gasteiger partial charge in [-0.25, -0.2) is 0 Å². The van der Waals surface area contributed by atoms with E-state index in [2.05, 4.69) is 0 Å². The van der Waals surface area contributed by atoms with Crippen molar-refractivity contribution >= 4 is 0 Å². The summed E-state index contributed by atoms with van der Waals surface area (Å²) in [6.45, 7) is 0. The van der Waals surface area contributed by atoms with Crippen molar-refractivity contribution in [3.05, 3.63) is 0 Å². The Morgan fingerprint density at radius 1 is 0.316 bits per heavy atom. The second-order valence-corrected chi connectivity index (χ2v) is 14.3. The zero-order valence-electron chi connectivity index (χ0n) is 25.4. The largest absolute Gasteiger partial charge is 0.381 e. The van der Waals surface area contributed by atoms with E-state index in [1.165, 1.54) is 128 Å². The maximum atomic E-state index is 5.82. The van der Waals surface area contributed by atoms with E-state index < -0.39 is 0 Å². The Balaban J connectivity index is 1.37. The Kier molecular flexibility index (Phi) is 10.2. The van der Waals surface area contributed by atoms with Crippen LogP contribution in [0, 0.1) is 34.5 Å². The number of hydrogen-bond acceptors (Lipinski definition) is 4. The van der Waals surface area contributed by atoms with Crippen LogP contribution in [-0.2, 0) is 18.9 Å². The standard InChI is InChI=1S/C34H60O4/c1-35-29-13-5-25(6-14-29)33(26-7-15-30(36-2)16-8-26)21-23-34(24-22-33,27-9-17-31(37-3)18-10-27)28-11-19-32(38-4)20-12-28/h25-32H,5-24H2,1-4H3. The van der Waals surface area contributed by atoms with Crippen LogP contribution in [0.2, 0.25) is 0 Å². The molecule has 5 aliphatic rings. The second-order valence-electron chi connectivity index (χ2n) is 14.3. The zero-order valence-corrected chi connectivity index (χ0v) is 25.4. The Labute approximate surface area is 234 Å². The highest BCUT2D eigenvalue weighted by molar-refractivity contribution is 5.06. The summed E-state index contributed by atoms with van der Waals surface area (Å²) in [5, 5.41) is 0. The molecule has 0 unspecified atom stereocenters. The molecule has 5 saturated carbocycles. The zero-order chi connectivity index (χ0) is 26.6. The van der Waals surface area contributed by atoms with Crippen LogP contribution in [0.5, 0.6) is 0 Å². The summed E-state index contributed by atoms with van der Waals surface area (Å²) in [4.78, 5) is 0. The fourth-order valence-corrected chi connectivity index (χ4v) is 11.0. The van der Waals surface area contributed by atoms with E-state index in [1.807, 2.05) is 28.4 Å². The Morgan fingerprint density at radius 3 is 0.658 bits per heavy atom. The molecule has 0 radical (unpaired) electrons. The van der Waals surface area contributed by atoms with Crippen molar-refractivity contribution < 1.29 is 18.9 Å². The topological polar surface area (TPSA) is 36.9 Å². The highest BCUT2D eigenvalue weighted by Gasteiger charge is 2.55. The lowest BCUT2D eigenvalue weighted by Gasteiger charge is -2.60. The van der Waals surface area contributed by atoms with Crippen LogP contribution in [0.15, 0.2) is 0 Å². The van der Waals surface area contributed by atoms with Crippen LogP contribution in [0.1, 0.15) is 128 Å². The summed E-state index contributed by atoms with van der Waals surface area (Å²) in [6, 6.07) is 0. The molecule has 0 amide bonds. The number of hydrogen-bond donors (Lipinski definition) is 0. The number of rotatable bonds is 8.